The number of carbonyl (C=O) groups excluding carboxylic acids is 1. The van der Waals surface area contributed by atoms with Gasteiger partial charge in [0, 0.05) is 5.56 Å². The predicted molar refractivity (Wildman–Crippen MR) is 88.0 cm³/mol. The lowest BCUT2D eigenvalue weighted by molar-refractivity contribution is -0.143. The number of anilines is 1. The molecule has 28 heavy (non-hydrogen) atoms. The maximum atomic E-state index is 12.9. The van der Waals surface area contributed by atoms with Crippen LogP contribution in [0.4, 0.5) is 32.0 Å². The smallest absolute Gasteiger partial charge is 0.319 e. The van der Waals surface area contributed by atoms with E-state index in [2.05, 4.69) is 10.4 Å². The molecule has 0 saturated heterocycles. The molecular formula is C18H11F6N3O. The summed E-state index contributed by atoms with van der Waals surface area (Å²) in [4.78, 5) is 12.2. The molecule has 10 heteroatoms. The van der Waals surface area contributed by atoms with E-state index in [1.165, 1.54) is 17.1 Å². The molecule has 1 amide bonds. The van der Waals surface area contributed by atoms with E-state index in [9.17, 15) is 31.1 Å². The minimum atomic E-state index is -5.03. The van der Waals surface area contributed by atoms with Crippen LogP contribution in [0.5, 0.6) is 0 Å². The van der Waals surface area contributed by atoms with Gasteiger partial charge in [-0.1, -0.05) is 18.2 Å². The second-order valence-corrected chi connectivity index (χ2v) is 5.76. The normalized spacial score (nSPS) is 12.1. The van der Waals surface area contributed by atoms with Crippen LogP contribution in [0.15, 0.2) is 60.9 Å². The van der Waals surface area contributed by atoms with Crippen LogP contribution in [0, 0.1) is 0 Å². The fourth-order valence-corrected chi connectivity index (χ4v) is 2.40. The summed E-state index contributed by atoms with van der Waals surface area (Å²) in [5.74, 6) is -1.12. The van der Waals surface area contributed by atoms with E-state index in [4.69, 9.17) is 0 Å². The SMILES string of the molecule is O=C(Nc1cnn(-c2ccccc2)c1)c1cc(C(F)(F)F)cc(C(F)(F)F)c1. The molecule has 0 spiro atoms. The fourth-order valence-electron chi connectivity index (χ4n) is 2.40. The van der Waals surface area contributed by atoms with Gasteiger partial charge in [0.15, 0.2) is 0 Å². The first-order valence-corrected chi connectivity index (χ1v) is 7.75. The number of rotatable bonds is 3. The molecule has 4 nitrogen and oxygen atoms in total. The highest BCUT2D eigenvalue weighted by Gasteiger charge is 2.37. The van der Waals surface area contributed by atoms with Crippen LogP contribution in [0.2, 0.25) is 0 Å². The summed E-state index contributed by atoms with van der Waals surface area (Å²) < 4.78 is 78.8. The van der Waals surface area contributed by atoms with Crippen molar-refractivity contribution in [3.63, 3.8) is 0 Å². The third-order valence-corrected chi connectivity index (χ3v) is 3.71. The molecule has 0 aliphatic heterocycles. The van der Waals surface area contributed by atoms with Crippen LogP contribution in [-0.2, 0) is 12.4 Å². The molecule has 0 fully saturated rings. The van der Waals surface area contributed by atoms with Crippen molar-refractivity contribution in [2.45, 2.75) is 12.4 Å². The lowest BCUT2D eigenvalue weighted by Gasteiger charge is -2.13. The topological polar surface area (TPSA) is 46.9 Å². The van der Waals surface area contributed by atoms with Gasteiger partial charge >= 0.3 is 12.4 Å². The Hall–Kier alpha value is -3.30. The number of hydrogen-bond acceptors (Lipinski definition) is 2. The van der Waals surface area contributed by atoms with Crippen molar-refractivity contribution in [1.29, 1.82) is 0 Å². The Bertz CT molecular complexity index is 960. The zero-order chi connectivity index (χ0) is 20.5. The maximum Gasteiger partial charge on any atom is 0.416 e. The average molecular weight is 399 g/mol. The quantitative estimate of drug-likeness (QED) is 0.619. The van der Waals surface area contributed by atoms with E-state index in [1.54, 1.807) is 30.3 Å². The Morgan fingerprint density at radius 2 is 1.46 bits per heavy atom. The van der Waals surface area contributed by atoms with Gasteiger partial charge in [0.2, 0.25) is 0 Å². The molecule has 0 atom stereocenters. The maximum absolute atomic E-state index is 12.9. The first-order valence-electron chi connectivity index (χ1n) is 7.75. The molecule has 1 aromatic heterocycles. The lowest BCUT2D eigenvalue weighted by Crippen LogP contribution is -2.17. The largest absolute Gasteiger partial charge is 0.416 e. The van der Waals surface area contributed by atoms with Crippen LogP contribution >= 0.6 is 0 Å². The molecule has 1 heterocycles. The van der Waals surface area contributed by atoms with Gasteiger partial charge in [0.25, 0.3) is 5.91 Å². The lowest BCUT2D eigenvalue weighted by atomic mass is 10.0. The Labute approximate surface area is 154 Å². The molecule has 146 valence electrons. The summed E-state index contributed by atoms with van der Waals surface area (Å²) in [6.45, 7) is 0. The van der Waals surface area contributed by atoms with Gasteiger partial charge in [-0.2, -0.15) is 31.4 Å². The van der Waals surface area contributed by atoms with Crippen molar-refractivity contribution in [1.82, 2.24) is 9.78 Å². The van der Waals surface area contributed by atoms with Crippen molar-refractivity contribution < 1.29 is 31.1 Å². The number of carbonyl (C=O) groups is 1. The van der Waals surface area contributed by atoms with Crippen molar-refractivity contribution in [3.05, 3.63) is 77.6 Å². The van der Waals surface area contributed by atoms with Gasteiger partial charge in [-0.05, 0) is 30.3 Å². The predicted octanol–water partition coefficient (Wildman–Crippen LogP) is 5.16. The minimum Gasteiger partial charge on any atom is -0.319 e. The van der Waals surface area contributed by atoms with Crippen molar-refractivity contribution in [2.24, 2.45) is 0 Å². The summed E-state index contributed by atoms with van der Waals surface area (Å²) in [6, 6.07) is 9.42. The highest BCUT2D eigenvalue weighted by Crippen LogP contribution is 2.36. The standard InChI is InChI=1S/C18H11F6N3O/c19-17(20,21)12-6-11(7-13(8-12)18(22,23)24)16(28)26-14-9-25-27(10-14)15-4-2-1-3-5-15/h1-10H,(H,26,28). The first kappa shape index (κ1) is 19.5. The highest BCUT2D eigenvalue weighted by atomic mass is 19.4. The van der Waals surface area contributed by atoms with Gasteiger partial charge in [-0.15, -0.1) is 0 Å². The molecule has 2 aromatic carbocycles. The number of benzene rings is 2. The summed E-state index contributed by atoms with van der Waals surface area (Å²) in [6.07, 6.45) is -7.46. The first-order chi connectivity index (χ1) is 13.0. The van der Waals surface area contributed by atoms with Gasteiger partial charge in [-0.3, -0.25) is 4.79 Å². The van der Waals surface area contributed by atoms with Crippen LogP contribution in [0.1, 0.15) is 21.5 Å². The zero-order valence-corrected chi connectivity index (χ0v) is 13.8. The fraction of sp³-hybridized carbons (Fsp3) is 0.111. The van der Waals surface area contributed by atoms with E-state index in [0.29, 0.717) is 17.8 Å². The van der Waals surface area contributed by atoms with E-state index in [-0.39, 0.29) is 11.8 Å². The Morgan fingerprint density at radius 3 is 2.00 bits per heavy atom. The number of hydrogen-bond donors (Lipinski definition) is 1. The number of amides is 1. The number of nitrogens with one attached hydrogen (secondary N) is 1. The van der Waals surface area contributed by atoms with Crippen LogP contribution in [0.25, 0.3) is 5.69 Å². The molecule has 0 aliphatic carbocycles. The summed E-state index contributed by atoms with van der Waals surface area (Å²) >= 11 is 0. The summed E-state index contributed by atoms with van der Waals surface area (Å²) in [7, 11) is 0. The number of alkyl halides is 6. The Kier molecular flexibility index (Phi) is 4.88. The second kappa shape index (κ2) is 7.02. The monoisotopic (exact) mass is 399 g/mol. The molecule has 0 unspecified atom stereocenters. The highest BCUT2D eigenvalue weighted by molar-refractivity contribution is 6.04. The van der Waals surface area contributed by atoms with Gasteiger partial charge in [-0.25, -0.2) is 4.68 Å². The number of nitrogens with zero attached hydrogens (tertiary/aromatic N) is 2. The van der Waals surface area contributed by atoms with E-state index >= 15 is 0 Å². The molecule has 3 rings (SSSR count). The van der Waals surface area contributed by atoms with Crippen LogP contribution in [-0.4, -0.2) is 15.7 Å². The van der Waals surface area contributed by atoms with E-state index in [0.717, 1.165) is 0 Å². The van der Waals surface area contributed by atoms with E-state index in [1.807, 2.05) is 0 Å². The minimum absolute atomic E-state index is 0.0375. The third-order valence-electron chi connectivity index (χ3n) is 3.71. The molecule has 0 aliphatic rings. The zero-order valence-electron chi connectivity index (χ0n) is 13.8. The molecule has 0 saturated carbocycles. The number of aromatic nitrogens is 2. The van der Waals surface area contributed by atoms with Gasteiger partial charge in [0.1, 0.15) is 0 Å². The molecule has 1 N–H and O–H groups in total. The van der Waals surface area contributed by atoms with Gasteiger partial charge in [0.05, 0.1) is 34.9 Å². The Balaban J connectivity index is 1.89. The molecule has 0 radical (unpaired) electrons. The molecule has 0 bridgehead atoms. The van der Waals surface area contributed by atoms with Gasteiger partial charge < -0.3 is 5.32 Å². The van der Waals surface area contributed by atoms with Crippen molar-refractivity contribution in [3.8, 4) is 5.69 Å². The van der Waals surface area contributed by atoms with Crippen LogP contribution in [0.3, 0.4) is 0 Å². The van der Waals surface area contributed by atoms with Crippen molar-refractivity contribution in [2.75, 3.05) is 5.32 Å². The number of halogens is 6. The second-order valence-electron chi connectivity index (χ2n) is 5.76. The molecular weight excluding hydrogens is 388 g/mol. The third kappa shape index (κ3) is 4.33. The summed E-state index contributed by atoms with van der Waals surface area (Å²) in [5.41, 5.74) is -3.13. The number of para-hydroxylation sites is 1. The van der Waals surface area contributed by atoms with E-state index < -0.39 is 35.0 Å². The van der Waals surface area contributed by atoms with Crippen LogP contribution < -0.4 is 5.32 Å². The molecule has 3 aromatic rings. The van der Waals surface area contributed by atoms with Crippen molar-refractivity contribution >= 4 is 11.6 Å². The Morgan fingerprint density at radius 1 is 0.893 bits per heavy atom. The average Bonchev–Trinajstić information content (AvgIpc) is 3.09. The summed E-state index contributed by atoms with van der Waals surface area (Å²) in [5, 5.41) is 6.24.